The van der Waals surface area contributed by atoms with Crippen molar-refractivity contribution in [2.24, 2.45) is 39.4 Å². The second-order valence-corrected chi connectivity index (χ2v) is 13.0. The summed E-state index contributed by atoms with van der Waals surface area (Å²) in [6.07, 6.45) is 10.9. The van der Waals surface area contributed by atoms with E-state index in [0.717, 1.165) is 18.4 Å². The SMILES string of the molecule is CC(=O)O[C@@H]1C=C[C@@]2(C)C(C[C@@H](OC(C)=O)[C@@]3(C)C4=CC(=O)O[C@H](C5C=COC5)[C@]4(C)CCC23)C1(C)C. The van der Waals surface area contributed by atoms with Crippen molar-refractivity contribution < 1.29 is 33.3 Å². The standard InChI is InChI=1S/C30H40O7/c1-17(31)35-23-9-12-28(5)20-8-11-29(6)22(15-25(33)37-26(29)19-10-13-34-16-19)30(20,7)24(36-18(2)32)14-21(28)27(23,3)4/h9-10,12-13,15,19-21,23-24,26H,8,11,14,16H2,1-7H3/t19?,20?,21?,23-,24-,26-,28-,29-,30-/m1/s1. The van der Waals surface area contributed by atoms with E-state index in [1.807, 2.05) is 12.2 Å². The van der Waals surface area contributed by atoms with Gasteiger partial charge in [-0.25, -0.2) is 4.79 Å². The molecule has 3 unspecified atom stereocenters. The van der Waals surface area contributed by atoms with Crippen molar-refractivity contribution in [1.29, 1.82) is 0 Å². The van der Waals surface area contributed by atoms with Crippen LogP contribution in [0.3, 0.4) is 0 Å². The second-order valence-electron chi connectivity index (χ2n) is 13.0. The number of cyclic esters (lactones) is 1. The average molecular weight is 513 g/mol. The Kier molecular flexibility index (Phi) is 5.96. The summed E-state index contributed by atoms with van der Waals surface area (Å²) < 4.78 is 23.4. The lowest BCUT2D eigenvalue weighted by Gasteiger charge is -2.68. The monoisotopic (exact) mass is 512 g/mol. The molecule has 5 aliphatic rings. The van der Waals surface area contributed by atoms with Gasteiger partial charge in [0.25, 0.3) is 0 Å². The highest BCUT2D eigenvalue weighted by Gasteiger charge is 2.69. The van der Waals surface area contributed by atoms with Crippen molar-refractivity contribution in [2.75, 3.05) is 6.61 Å². The molecule has 202 valence electrons. The first-order valence-electron chi connectivity index (χ1n) is 13.5. The molecule has 0 N–H and O–H groups in total. The van der Waals surface area contributed by atoms with Crippen molar-refractivity contribution in [1.82, 2.24) is 0 Å². The van der Waals surface area contributed by atoms with E-state index in [4.69, 9.17) is 18.9 Å². The normalized spacial score (nSPS) is 45.4. The van der Waals surface area contributed by atoms with Crippen LogP contribution in [0.2, 0.25) is 0 Å². The van der Waals surface area contributed by atoms with Crippen molar-refractivity contribution in [3.63, 3.8) is 0 Å². The fourth-order valence-corrected chi connectivity index (χ4v) is 8.96. The van der Waals surface area contributed by atoms with Crippen LogP contribution >= 0.6 is 0 Å². The molecule has 2 fully saturated rings. The fourth-order valence-electron chi connectivity index (χ4n) is 8.96. The van der Waals surface area contributed by atoms with Crippen molar-refractivity contribution in [3.05, 3.63) is 36.1 Å². The Balaban J connectivity index is 1.64. The van der Waals surface area contributed by atoms with E-state index >= 15 is 0 Å². The molecular formula is C30H40O7. The van der Waals surface area contributed by atoms with Crippen LogP contribution in [0.1, 0.15) is 67.7 Å². The van der Waals surface area contributed by atoms with E-state index in [1.54, 1.807) is 12.3 Å². The lowest BCUT2D eigenvalue weighted by atomic mass is 9.38. The van der Waals surface area contributed by atoms with Crippen molar-refractivity contribution in [3.8, 4) is 0 Å². The van der Waals surface area contributed by atoms with Gasteiger partial charge in [-0.3, -0.25) is 9.59 Å². The summed E-state index contributed by atoms with van der Waals surface area (Å²) in [7, 11) is 0. The minimum Gasteiger partial charge on any atom is -0.501 e. The van der Waals surface area contributed by atoms with Crippen LogP contribution < -0.4 is 0 Å². The summed E-state index contributed by atoms with van der Waals surface area (Å²) in [5.74, 6) is -0.793. The van der Waals surface area contributed by atoms with Crippen LogP contribution in [0.15, 0.2) is 36.1 Å². The Morgan fingerprint density at radius 2 is 1.70 bits per heavy atom. The molecule has 0 amide bonds. The second kappa shape index (κ2) is 8.47. The first-order chi connectivity index (χ1) is 17.2. The van der Waals surface area contributed by atoms with E-state index < -0.39 is 16.9 Å². The van der Waals surface area contributed by atoms with Gasteiger partial charge in [0, 0.05) is 36.2 Å². The minimum atomic E-state index is -0.570. The smallest absolute Gasteiger partial charge is 0.331 e. The molecule has 0 saturated heterocycles. The highest BCUT2D eigenvalue weighted by molar-refractivity contribution is 5.85. The zero-order chi connectivity index (χ0) is 27.0. The maximum absolute atomic E-state index is 13.1. The van der Waals surface area contributed by atoms with Crippen molar-refractivity contribution >= 4 is 17.9 Å². The molecule has 3 aliphatic carbocycles. The van der Waals surface area contributed by atoms with Gasteiger partial charge in [0.2, 0.25) is 0 Å². The molecule has 2 aliphatic heterocycles. The van der Waals surface area contributed by atoms with Crippen LogP contribution in [0.5, 0.6) is 0 Å². The number of hydrogen-bond donors (Lipinski definition) is 0. The number of rotatable bonds is 3. The number of fused-ring (bicyclic) bond motifs is 5. The summed E-state index contributed by atoms with van der Waals surface area (Å²) >= 11 is 0. The topological polar surface area (TPSA) is 88.1 Å². The van der Waals surface area contributed by atoms with Gasteiger partial charge in [0.1, 0.15) is 18.3 Å². The summed E-state index contributed by atoms with van der Waals surface area (Å²) in [6, 6.07) is 0. The lowest BCUT2D eigenvalue weighted by Crippen LogP contribution is -2.66. The molecule has 0 bridgehead atoms. The number of carbonyl (C=O) groups excluding carboxylic acids is 3. The number of allylic oxidation sites excluding steroid dienone is 1. The molecular weight excluding hydrogens is 472 g/mol. The Hall–Kier alpha value is -2.57. The van der Waals surface area contributed by atoms with Crippen LogP contribution in [-0.4, -0.2) is 42.8 Å². The highest BCUT2D eigenvalue weighted by atomic mass is 16.6. The van der Waals surface area contributed by atoms with Gasteiger partial charge in [0.15, 0.2) is 0 Å². The van der Waals surface area contributed by atoms with Crippen LogP contribution in [0.4, 0.5) is 0 Å². The van der Waals surface area contributed by atoms with Crippen molar-refractivity contribution in [2.45, 2.75) is 86.0 Å². The van der Waals surface area contributed by atoms with Gasteiger partial charge in [-0.1, -0.05) is 40.7 Å². The highest BCUT2D eigenvalue weighted by Crippen LogP contribution is 2.71. The van der Waals surface area contributed by atoms with Crippen LogP contribution in [0, 0.1) is 39.4 Å². The maximum atomic E-state index is 13.1. The third-order valence-electron chi connectivity index (χ3n) is 10.6. The average Bonchev–Trinajstić information content (AvgIpc) is 3.32. The first-order valence-corrected chi connectivity index (χ1v) is 13.5. The Morgan fingerprint density at radius 3 is 2.32 bits per heavy atom. The van der Waals surface area contributed by atoms with E-state index in [0.29, 0.717) is 13.0 Å². The summed E-state index contributed by atoms with van der Waals surface area (Å²) in [6.45, 7) is 14.3. The van der Waals surface area contributed by atoms with Crippen LogP contribution in [0.25, 0.3) is 0 Å². The van der Waals surface area contributed by atoms with Gasteiger partial charge >= 0.3 is 17.9 Å². The number of ether oxygens (including phenoxy) is 4. The zero-order valence-corrected chi connectivity index (χ0v) is 23.0. The summed E-state index contributed by atoms with van der Waals surface area (Å²) in [4.78, 5) is 37.4. The molecule has 7 nitrogen and oxygen atoms in total. The van der Waals surface area contributed by atoms with Gasteiger partial charge in [0.05, 0.1) is 18.8 Å². The summed E-state index contributed by atoms with van der Waals surface area (Å²) in [5.41, 5.74) is -0.570. The largest absolute Gasteiger partial charge is 0.501 e. The minimum absolute atomic E-state index is 0.0186. The molecule has 37 heavy (non-hydrogen) atoms. The molecule has 0 radical (unpaired) electrons. The maximum Gasteiger partial charge on any atom is 0.331 e. The molecule has 0 spiro atoms. The van der Waals surface area contributed by atoms with E-state index in [2.05, 4.69) is 40.7 Å². The first kappa shape index (κ1) is 26.1. The number of hydrogen-bond acceptors (Lipinski definition) is 7. The molecule has 9 atom stereocenters. The molecule has 0 aromatic heterocycles. The molecule has 0 aromatic carbocycles. The quantitative estimate of drug-likeness (QED) is 0.302. The lowest BCUT2D eigenvalue weighted by molar-refractivity contribution is -0.205. The van der Waals surface area contributed by atoms with Gasteiger partial charge < -0.3 is 18.9 Å². The summed E-state index contributed by atoms with van der Waals surface area (Å²) in [5, 5.41) is 0. The van der Waals surface area contributed by atoms with Gasteiger partial charge in [-0.2, -0.15) is 0 Å². The molecule has 2 heterocycles. The molecule has 2 saturated carbocycles. The number of carbonyl (C=O) groups is 3. The fraction of sp³-hybridized carbons (Fsp3) is 0.700. The van der Waals surface area contributed by atoms with Gasteiger partial charge in [-0.15, -0.1) is 0 Å². The van der Waals surface area contributed by atoms with E-state index in [1.165, 1.54) is 13.8 Å². The molecule has 7 heteroatoms. The Labute approximate surface area is 219 Å². The van der Waals surface area contributed by atoms with E-state index in [9.17, 15) is 14.4 Å². The van der Waals surface area contributed by atoms with Crippen LogP contribution in [-0.2, 0) is 33.3 Å². The third kappa shape index (κ3) is 3.70. The van der Waals surface area contributed by atoms with Gasteiger partial charge in [-0.05, 0) is 54.2 Å². The predicted molar refractivity (Wildman–Crippen MR) is 136 cm³/mol. The zero-order valence-electron chi connectivity index (χ0n) is 23.0. The Bertz CT molecular complexity index is 1100. The third-order valence-corrected chi connectivity index (χ3v) is 10.6. The Morgan fingerprint density at radius 1 is 1.00 bits per heavy atom. The predicted octanol–water partition coefficient (Wildman–Crippen LogP) is 4.91. The number of esters is 3. The van der Waals surface area contributed by atoms with E-state index in [-0.39, 0.29) is 58.7 Å². The molecule has 5 rings (SSSR count). The molecule has 0 aromatic rings.